The molecule has 1 amide bonds. The van der Waals surface area contributed by atoms with Crippen LogP contribution in [0.15, 0.2) is 71.9 Å². The Kier molecular flexibility index (Phi) is 14.0. The van der Waals surface area contributed by atoms with Gasteiger partial charge in [-0.15, -0.1) is 0 Å². The number of hydrogen-bond donors (Lipinski definition) is 1. The molecule has 0 spiro atoms. The maximum absolute atomic E-state index is 13.3. The summed E-state index contributed by atoms with van der Waals surface area (Å²) in [7, 11) is -4.04. The van der Waals surface area contributed by atoms with E-state index in [1.807, 2.05) is 45.0 Å². The van der Waals surface area contributed by atoms with Crippen molar-refractivity contribution < 1.29 is 37.1 Å². The summed E-state index contributed by atoms with van der Waals surface area (Å²) in [5, 5.41) is 0.514. The van der Waals surface area contributed by atoms with E-state index >= 15 is 0 Å². The number of nitrogens with one attached hydrogen (secondary N) is 1. The van der Waals surface area contributed by atoms with E-state index in [-0.39, 0.29) is 34.2 Å². The van der Waals surface area contributed by atoms with Crippen molar-refractivity contribution in [2.45, 2.75) is 111 Å². The largest absolute Gasteiger partial charge is 0.460 e. The van der Waals surface area contributed by atoms with E-state index in [9.17, 15) is 22.8 Å². The van der Waals surface area contributed by atoms with Gasteiger partial charge in [-0.05, 0) is 95.2 Å². The Hall–Kier alpha value is -4.36. The Morgan fingerprint density at radius 1 is 0.776 bits per heavy atom. The SMILES string of the molecule is CC(=O)OC(C)(C)C.CC(=O)ON(C(=O)OC(C)(C)C)c1cccc(C(Cc2ccc(CC(C)(C)C)cc2)NS(=O)(=O)c2ccccn2)n1. The zero-order valence-corrected chi connectivity index (χ0v) is 31.2. The van der Waals surface area contributed by atoms with Crippen LogP contribution in [0.25, 0.3) is 0 Å². The van der Waals surface area contributed by atoms with E-state index in [2.05, 4.69) is 35.5 Å². The number of aromatic nitrogens is 2. The van der Waals surface area contributed by atoms with E-state index in [1.165, 1.54) is 30.8 Å². The van der Waals surface area contributed by atoms with Crippen LogP contribution in [0, 0.1) is 5.41 Å². The number of amides is 1. The second-order valence-electron chi connectivity index (χ2n) is 14.6. The third-order valence-electron chi connectivity index (χ3n) is 5.96. The molecule has 2 heterocycles. The normalized spacial score (nSPS) is 12.6. The number of ether oxygens (including phenoxy) is 2. The second kappa shape index (κ2) is 16.8. The molecule has 0 saturated carbocycles. The molecule has 3 aromatic rings. The molecule has 1 unspecified atom stereocenters. The molecule has 1 aromatic carbocycles. The fraction of sp³-hybridized carbons (Fsp3) is 0.472. The average Bonchev–Trinajstić information content (AvgIpc) is 2.94. The third-order valence-corrected chi connectivity index (χ3v) is 7.34. The maximum atomic E-state index is 13.3. The summed E-state index contributed by atoms with van der Waals surface area (Å²) in [4.78, 5) is 48.6. The minimum atomic E-state index is -4.04. The first-order valence-electron chi connectivity index (χ1n) is 15.8. The quantitative estimate of drug-likeness (QED) is 0.194. The number of sulfonamides is 1. The van der Waals surface area contributed by atoms with Crippen molar-refractivity contribution in [3.8, 4) is 0 Å². The Morgan fingerprint density at radius 3 is 1.84 bits per heavy atom. The minimum Gasteiger partial charge on any atom is -0.460 e. The molecule has 0 saturated heterocycles. The van der Waals surface area contributed by atoms with Crippen LogP contribution in [0.1, 0.15) is 99.0 Å². The van der Waals surface area contributed by atoms with Crippen molar-refractivity contribution in [1.29, 1.82) is 0 Å². The highest BCUT2D eigenvalue weighted by Crippen LogP contribution is 2.26. The third kappa shape index (κ3) is 15.6. The Bertz CT molecular complexity index is 1660. The van der Waals surface area contributed by atoms with Gasteiger partial charge in [0, 0.05) is 20.0 Å². The molecule has 3 rings (SSSR count). The molecule has 2 aromatic heterocycles. The van der Waals surface area contributed by atoms with Crippen molar-refractivity contribution in [2.75, 3.05) is 5.06 Å². The van der Waals surface area contributed by atoms with Crippen molar-refractivity contribution in [3.05, 3.63) is 83.7 Å². The van der Waals surface area contributed by atoms with Crippen LogP contribution in [-0.2, 0) is 46.8 Å². The summed E-state index contributed by atoms with van der Waals surface area (Å²) in [5.41, 5.74) is 1.25. The number of hydrogen-bond acceptors (Lipinski definition) is 10. The number of pyridine rings is 2. The van der Waals surface area contributed by atoms with Crippen LogP contribution in [0.2, 0.25) is 0 Å². The van der Waals surface area contributed by atoms with E-state index in [1.54, 1.807) is 45.0 Å². The summed E-state index contributed by atoms with van der Waals surface area (Å²) in [6.45, 7) is 19.6. The number of anilines is 1. The first-order chi connectivity index (χ1) is 22.4. The number of benzene rings is 1. The van der Waals surface area contributed by atoms with Gasteiger partial charge in [-0.2, -0.15) is 0 Å². The minimum absolute atomic E-state index is 0.0468. The van der Waals surface area contributed by atoms with Crippen molar-refractivity contribution >= 4 is 33.9 Å². The fourth-order valence-electron chi connectivity index (χ4n) is 4.39. The molecule has 12 nitrogen and oxygen atoms in total. The van der Waals surface area contributed by atoms with Gasteiger partial charge in [-0.25, -0.2) is 32.7 Å². The predicted octanol–water partition coefficient (Wildman–Crippen LogP) is 6.90. The molecule has 13 heteroatoms. The number of hydroxylamine groups is 1. The Morgan fingerprint density at radius 2 is 1.37 bits per heavy atom. The van der Waals surface area contributed by atoms with Crippen molar-refractivity contribution in [3.63, 3.8) is 0 Å². The molecular weight excluding hydrogens is 648 g/mol. The lowest BCUT2D eigenvalue weighted by Gasteiger charge is -2.26. The standard InChI is InChI=1S/C30H38N4O6S.C6H12O2/c1-21(35)40-34(28(36)39-30(5,6)7)26-12-10-11-24(32-26)25(33-41(37,38)27-13-8-9-18-31-27)19-22-14-16-23(17-15-22)20-29(2,3)4;1-5(7)8-6(2,3)4/h8-18,25,33H,19-20H2,1-7H3;1-4H3. The number of nitrogens with zero attached hydrogens (tertiary/aromatic N) is 3. The maximum Gasteiger partial charge on any atom is 0.450 e. The fourth-order valence-corrected chi connectivity index (χ4v) is 5.55. The number of carbonyl (C=O) groups is 3. The lowest BCUT2D eigenvalue weighted by Crippen LogP contribution is -2.39. The van der Waals surface area contributed by atoms with Gasteiger partial charge in [0.25, 0.3) is 10.0 Å². The van der Waals surface area contributed by atoms with E-state index in [0.717, 1.165) is 18.9 Å². The molecule has 0 aliphatic rings. The van der Waals surface area contributed by atoms with Gasteiger partial charge in [-0.1, -0.05) is 62.2 Å². The lowest BCUT2D eigenvalue weighted by atomic mass is 9.87. The van der Waals surface area contributed by atoms with Crippen molar-refractivity contribution in [2.24, 2.45) is 5.41 Å². The van der Waals surface area contributed by atoms with E-state index in [0.29, 0.717) is 10.8 Å². The first-order valence-corrected chi connectivity index (χ1v) is 17.3. The summed E-state index contributed by atoms with van der Waals surface area (Å²) >= 11 is 0. The van der Waals surface area contributed by atoms with Gasteiger partial charge in [0.05, 0.1) is 11.7 Å². The van der Waals surface area contributed by atoms with Gasteiger partial charge < -0.3 is 14.3 Å². The number of esters is 1. The van der Waals surface area contributed by atoms with Crippen LogP contribution in [0.3, 0.4) is 0 Å². The molecule has 0 fully saturated rings. The zero-order valence-electron chi connectivity index (χ0n) is 30.4. The smallest absolute Gasteiger partial charge is 0.450 e. The van der Waals surface area contributed by atoms with E-state index in [4.69, 9.17) is 14.3 Å². The van der Waals surface area contributed by atoms with Crippen LogP contribution < -0.4 is 9.79 Å². The Labute approximate surface area is 290 Å². The summed E-state index contributed by atoms with van der Waals surface area (Å²) < 4.78 is 39.5. The highest BCUT2D eigenvalue weighted by atomic mass is 32.2. The van der Waals surface area contributed by atoms with Crippen LogP contribution >= 0.6 is 0 Å². The van der Waals surface area contributed by atoms with Gasteiger partial charge in [0.1, 0.15) is 11.2 Å². The van der Waals surface area contributed by atoms with Gasteiger partial charge >= 0.3 is 18.0 Å². The molecule has 0 bridgehead atoms. The highest BCUT2D eigenvalue weighted by molar-refractivity contribution is 7.89. The topological polar surface area (TPSA) is 154 Å². The number of carbonyl (C=O) groups excluding carboxylic acids is 3. The van der Waals surface area contributed by atoms with Crippen molar-refractivity contribution in [1.82, 2.24) is 14.7 Å². The van der Waals surface area contributed by atoms with Gasteiger partial charge in [0.15, 0.2) is 10.8 Å². The zero-order chi connectivity index (χ0) is 37.2. The highest BCUT2D eigenvalue weighted by Gasteiger charge is 2.29. The molecule has 49 heavy (non-hydrogen) atoms. The molecule has 0 aliphatic carbocycles. The molecule has 1 atom stereocenters. The molecule has 1 N–H and O–H groups in total. The average molecular weight is 699 g/mol. The molecular formula is C36H50N4O8S. The predicted molar refractivity (Wildman–Crippen MR) is 187 cm³/mol. The summed E-state index contributed by atoms with van der Waals surface area (Å²) in [6, 6.07) is 16.4. The molecule has 0 radical (unpaired) electrons. The Balaban J connectivity index is 0.000000924. The summed E-state index contributed by atoms with van der Waals surface area (Å²) in [6.07, 6.45) is 1.59. The first kappa shape index (κ1) is 40.8. The molecule has 0 aliphatic heterocycles. The summed E-state index contributed by atoms with van der Waals surface area (Å²) in [5.74, 6) is -1.03. The van der Waals surface area contributed by atoms with Crippen LogP contribution in [0.5, 0.6) is 0 Å². The second-order valence-corrected chi connectivity index (χ2v) is 16.2. The van der Waals surface area contributed by atoms with E-state index < -0.39 is 33.7 Å². The lowest BCUT2D eigenvalue weighted by molar-refractivity contribution is -0.152. The van der Waals surface area contributed by atoms with Gasteiger partial charge in [-0.3, -0.25) is 4.79 Å². The van der Waals surface area contributed by atoms with Crippen LogP contribution in [-0.4, -0.2) is 47.6 Å². The van der Waals surface area contributed by atoms with Gasteiger partial charge in [0.2, 0.25) is 0 Å². The monoisotopic (exact) mass is 698 g/mol. The van der Waals surface area contributed by atoms with Crippen LogP contribution in [0.4, 0.5) is 10.6 Å². The number of rotatable bonds is 8. The molecule has 268 valence electrons.